The monoisotopic (exact) mass is 206 g/mol. The summed E-state index contributed by atoms with van der Waals surface area (Å²) in [5.41, 5.74) is 0. The highest BCUT2D eigenvalue weighted by Gasteiger charge is 2.28. The van der Waals surface area contributed by atoms with Gasteiger partial charge in [-0.1, -0.05) is 0 Å². The Morgan fingerprint density at radius 1 is 1.62 bits per heavy atom. The molecule has 0 aliphatic rings. The largest absolute Gasteiger partial charge is 0.312 e. The lowest BCUT2D eigenvalue weighted by molar-refractivity contribution is 0.0172. The summed E-state index contributed by atoms with van der Waals surface area (Å²) in [5, 5.41) is 2.85. The summed E-state index contributed by atoms with van der Waals surface area (Å²) >= 11 is 1.05. The van der Waals surface area contributed by atoms with E-state index in [2.05, 4.69) is 10.3 Å². The van der Waals surface area contributed by atoms with Gasteiger partial charge in [0.1, 0.15) is 0 Å². The summed E-state index contributed by atoms with van der Waals surface area (Å²) in [6.07, 6.45) is 1.50. The highest BCUT2D eigenvalue weighted by molar-refractivity contribution is 7.11. The van der Waals surface area contributed by atoms with E-state index >= 15 is 0 Å². The molecule has 2 nitrogen and oxygen atoms in total. The van der Waals surface area contributed by atoms with Crippen LogP contribution in [0.2, 0.25) is 0 Å². The maximum atomic E-state index is 12.8. The zero-order valence-corrected chi connectivity index (χ0v) is 8.58. The van der Waals surface area contributed by atoms with E-state index in [1.54, 1.807) is 7.05 Å². The third-order valence-corrected chi connectivity index (χ3v) is 3.11. The van der Waals surface area contributed by atoms with Crippen LogP contribution in [-0.2, 0) is 5.92 Å². The quantitative estimate of drug-likeness (QED) is 0.822. The van der Waals surface area contributed by atoms with Crippen molar-refractivity contribution in [2.45, 2.75) is 25.8 Å². The van der Waals surface area contributed by atoms with Crippen molar-refractivity contribution >= 4 is 11.3 Å². The van der Waals surface area contributed by atoms with Crippen molar-refractivity contribution in [3.8, 4) is 0 Å². The fourth-order valence-corrected chi connectivity index (χ4v) is 1.74. The molecule has 0 bridgehead atoms. The molecule has 0 radical (unpaired) electrons. The first kappa shape index (κ1) is 10.5. The second-order valence-corrected chi connectivity index (χ2v) is 4.03. The van der Waals surface area contributed by atoms with Gasteiger partial charge in [0.2, 0.25) is 0 Å². The molecule has 0 aliphatic carbocycles. The summed E-state index contributed by atoms with van der Waals surface area (Å²) in [4.78, 5) is 4.52. The van der Waals surface area contributed by atoms with Gasteiger partial charge < -0.3 is 5.32 Å². The van der Waals surface area contributed by atoms with Crippen molar-refractivity contribution in [1.29, 1.82) is 0 Å². The normalized spacial score (nSPS) is 14.5. The number of alkyl halides is 2. The molecule has 1 aromatic heterocycles. The van der Waals surface area contributed by atoms with Gasteiger partial charge in [0.05, 0.1) is 0 Å². The number of rotatable bonds is 3. The van der Waals surface area contributed by atoms with Gasteiger partial charge in [0.15, 0.2) is 5.01 Å². The first-order chi connectivity index (χ1) is 5.95. The zero-order valence-electron chi connectivity index (χ0n) is 7.77. The second-order valence-electron chi connectivity index (χ2n) is 2.97. The van der Waals surface area contributed by atoms with Crippen molar-refractivity contribution in [2.75, 3.05) is 7.05 Å². The third kappa shape index (κ3) is 2.45. The topological polar surface area (TPSA) is 24.9 Å². The van der Waals surface area contributed by atoms with Crippen LogP contribution in [0.3, 0.4) is 0 Å². The minimum Gasteiger partial charge on any atom is -0.312 e. The Morgan fingerprint density at radius 3 is 2.62 bits per heavy atom. The van der Waals surface area contributed by atoms with Crippen LogP contribution >= 0.6 is 11.3 Å². The number of halogens is 2. The SMILES string of the molecule is CNC(C)c1cnc(C(C)(F)F)s1. The fourth-order valence-electron chi connectivity index (χ4n) is 0.832. The van der Waals surface area contributed by atoms with Gasteiger partial charge in [-0.2, -0.15) is 8.78 Å². The molecule has 0 spiro atoms. The van der Waals surface area contributed by atoms with Crippen molar-refractivity contribution in [1.82, 2.24) is 10.3 Å². The van der Waals surface area contributed by atoms with Gasteiger partial charge in [-0.15, -0.1) is 11.3 Å². The number of hydrogen-bond donors (Lipinski definition) is 1. The first-order valence-electron chi connectivity index (χ1n) is 3.96. The predicted octanol–water partition coefficient (Wildman–Crippen LogP) is 2.54. The van der Waals surface area contributed by atoms with Gasteiger partial charge in [-0.05, 0) is 14.0 Å². The molecule has 0 aromatic carbocycles. The number of nitrogens with one attached hydrogen (secondary N) is 1. The van der Waals surface area contributed by atoms with Crippen LogP contribution in [0.15, 0.2) is 6.20 Å². The molecule has 0 amide bonds. The summed E-state index contributed by atoms with van der Waals surface area (Å²) < 4.78 is 25.5. The Hall–Kier alpha value is -0.550. The van der Waals surface area contributed by atoms with Crippen molar-refractivity contribution in [3.05, 3.63) is 16.1 Å². The van der Waals surface area contributed by atoms with E-state index in [1.807, 2.05) is 6.92 Å². The highest BCUT2D eigenvalue weighted by atomic mass is 32.1. The summed E-state index contributed by atoms with van der Waals surface area (Å²) in [7, 11) is 1.79. The lowest BCUT2D eigenvalue weighted by Crippen LogP contribution is -2.10. The van der Waals surface area contributed by atoms with E-state index < -0.39 is 5.92 Å². The van der Waals surface area contributed by atoms with Gasteiger partial charge in [0, 0.05) is 24.0 Å². The third-order valence-electron chi connectivity index (χ3n) is 1.76. The molecular weight excluding hydrogens is 194 g/mol. The Balaban J connectivity index is 2.87. The molecular formula is C8H12F2N2S. The summed E-state index contributed by atoms with van der Waals surface area (Å²) in [5.74, 6) is -2.82. The Morgan fingerprint density at radius 2 is 2.23 bits per heavy atom. The van der Waals surface area contributed by atoms with Crippen LogP contribution in [0.4, 0.5) is 8.78 Å². The number of nitrogens with zero attached hydrogens (tertiary/aromatic N) is 1. The van der Waals surface area contributed by atoms with Gasteiger partial charge in [-0.25, -0.2) is 4.98 Å². The van der Waals surface area contributed by atoms with E-state index in [1.165, 1.54) is 6.20 Å². The van der Waals surface area contributed by atoms with Crippen molar-refractivity contribution in [3.63, 3.8) is 0 Å². The minimum atomic E-state index is -2.82. The molecule has 1 aromatic rings. The van der Waals surface area contributed by atoms with E-state index in [-0.39, 0.29) is 11.0 Å². The molecule has 13 heavy (non-hydrogen) atoms. The standard InChI is InChI=1S/C8H12F2N2S/c1-5(11-3)6-4-12-7(13-6)8(2,9)10/h4-5,11H,1-3H3. The molecule has 0 saturated carbocycles. The van der Waals surface area contributed by atoms with E-state index in [9.17, 15) is 8.78 Å². The molecule has 5 heteroatoms. The number of hydrogen-bond acceptors (Lipinski definition) is 3. The minimum absolute atomic E-state index is 0.0774. The van der Waals surface area contributed by atoms with Crippen molar-refractivity contribution in [2.24, 2.45) is 0 Å². The maximum Gasteiger partial charge on any atom is 0.296 e. The number of thiazole rings is 1. The van der Waals surface area contributed by atoms with Gasteiger partial charge in [0.25, 0.3) is 5.92 Å². The molecule has 74 valence electrons. The summed E-state index contributed by atoms with van der Waals surface area (Å²) in [6.45, 7) is 2.77. The second kappa shape index (κ2) is 3.67. The molecule has 0 saturated heterocycles. The Bertz CT molecular complexity index is 280. The van der Waals surface area contributed by atoms with Gasteiger partial charge >= 0.3 is 0 Å². The Labute approximate surface area is 80.0 Å². The van der Waals surface area contributed by atoms with Crippen LogP contribution in [0.5, 0.6) is 0 Å². The molecule has 1 unspecified atom stereocenters. The molecule has 0 aliphatic heterocycles. The van der Waals surface area contributed by atoms with Crippen LogP contribution in [-0.4, -0.2) is 12.0 Å². The highest BCUT2D eigenvalue weighted by Crippen LogP contribution is 2.32. The lowest BCUT2D eigenvalue weighted by Gasteiger charge is -2.06. The van der Waals surface area contributed by atoms with E-state index in [0.717, 1.165) is 23.1 Å². The predicted molar refractivity (Wildman–Crippen MR) is 49.2 cm³/mol. The van der Waals surface area contributed by atoms with Crippen LogP contribution in [0.1, 0.15) is 29.8 Å². The van der Waals surface area contributed by atoms with Crippen LogP contribution in [0.25, 0.3) is 0 Å². The fraction of sp³-hybridized carbons (Fsp3) is 0.625. The first-order valence-corrected chi connectivity index (χ1v) is 4.78. The number of aromatic nitrogens is 1. The average molecular weight is 206 g/mol. The Kier molecular flexibility index (Phi) is 2.98. The molecule has 1 heterocycles. The van der Waals surface area contributed by atoms with Crippen molar-refractivity contribution < 1.29 is 8.78 Å². The average Bonchev–Trinajstić information content (AvgIpc) is 2.50. The van der Waals surface area contributed by atoms with Crippen LogP contribution in [0, 0.1) is 0 Å². The smallest absolute Gasteiger partial charge is 0.296 e. The molecule has 1 rings (SSSR count). The molecule has 0 fully saturated rings. The van der Waals surface area contributed by atoms with E-state index in [4.69, 9.17) is 0 Å². The van der Waals surface area contributed by atoms with E-state index in [0.29, 0.717) is 0 Å². The zero-order chi connectivity index (χ0) is 10.1. The molecule has 1 N–H and O–H groups in total. The summed E-state index contributed by atoms with van der Waals surface area (Å²) in [6, 6.07) is 0.0774. The maximum absolute atomic E-state index is 12.8. The molecule has 1 atom stereocenters. The van der Waals surface area contributed by atoms with Gasteiger partial charge in [-0.3, -0.25) is 0 Å². The lowest BCUT2D eigenvalue weighted by atomic mass is 10.3. The van der Waals surface area contributed by atoms with Crippen LogP contribution < -0.4 is 5.32 Å².